The molecule has 2 aromatic rings. The number of hydrogen-bond donors (Lipinski definition) is 1. The molecule has 2 aliphatic rings. The van der Waals surface area contributed by atoms with E-state index in [1.54, 1.807) is 19.4 Å². The zero-order valence-electron chi connectivity index (χ0n) is 14.9. The van der Waals surface area contributed by atoms with Gasteiger partial charge >= 0.3 is 6.03 Å². The number of rotatable bonds is 3. The van der Waals surface area contributed by atoms with Crippen LogP contribution in [0.1, 0.15) is 18.4 Å². The zero-order chi connectivity index (χ0) is 17.9. The van der Waals surface area contributed by atoms with Crippen LogP contribution >= 0.6 is 0 Å². The number of carbonyl (C=O) groups excluding carboxylic acids is 1. The highest BCUT2D eigenvalue weighted by Gasteiger charge is 2.28. The van der Waals surface area contributed by atoms with E-state index in [4.69, 9.17) is 4.74 Å². The van der Waals surface area contributed by atoms with Crippen molar-refractivity contribution in [2.45, 2.75) is 25.3 Å². The summed E-state index contributed by atoms with van der Waals surface area (Å²) >= 11 is 0. The number of piperidine rings is 1. The quantitative estimate of drug-likeness (QED) is 0.916. The zero-order valence-corrected chi connectivity index (χ0v) is 14.9. The largest absolute Gasteiger partial charge is 0.481 e. The predicted molar refractivity (Wildman–Crippen MR) is 99.8 cm³/mol. The van der Waals surface area contributed by atoms with Crippen LogP contribution in [0.15, 0.2) is 36.5 Å². The van der Waals surface area contributed by atoms with Crippen LogP contribution in [0, 0.1) is 0 Å². The number of amides is 2. The van der Waals surface area contributed by atoms with Crippen LogP contribution in [-0.4, -0.2) is 48.8 Å². The van der Waals surface area contributed by atoms with E-state index in [1.165, 1.54) is 5.56 Å². The van der Waals surface area contributed by atoms with Gasteiger partial charge in [0.1, 0.15) is 0 Å². The van der Waals surface area contributed by atoms with E-state index in [2.05, 4.69) is 26.3 Å². The standard InChI is InChI=1S/C19H23N5O2/c1-26-17-6-10-20-18(22-17)23-11-8-15(9-12-23)21-19(25)24-13-7-14-4-2-3-5-16(14)24/h2-6,10,15H,7-9,11-13H2,1H3,(H,21,25). The molecule has 0 radical (unpaired) electrons. The summed E-state index contributed by atoms with van der Waals surface area (Å²) in [6, 6.07) is 10.0. The number of urea groups is 1. The van der Waals surface area contributed by atoms with Gasteiger partial charge in [0.15, 0.2) is 0 Å². The molecular formula is C19H23N5O2. The van der Waals surface area contributed by atoms with Crippen LogP contribution in [0.2, 0.25) is 0 Å². The number of nitrogens with one attached hydrogen (secondary N) is 1. The monoisotopic (exact) mass is 353 g/mol. The fourth-order valence-corrected chi connectivity index (χ4v) is 3.62. The Morgan fingerprint density at radius 2 is 2.00 bits per heavy atom. The van der Waals surface area contributed by atoms with Crippen LogP contribution in [0.3, 0.4) is 0 Å². The number of anilines is 2. The second-order valence-corrected chi connectivity index (χ2v) is 6.64. The van der Waals surface area contributed by atoms with Gasteiger partial charge in [0, 0.05) is 43.6 Å². The number of fused-ring (bicyclic) bond motifs is 1. The Morgan fingerprint density at radius 1 is 1.19 bits per heavy atom. The number of hydrogen-bond acceptors (Lipinski definition) is 5. The molecule has 7 heteroatoms. The van der Waals surface area contributed by atoms with Crippen LogP contribution in [0.5, 0.6) is 5.88 Å². The molecule has 2 aliphatic heterocycles. The molecule has 2 amide bonds. The molecule has 4 rings (SSSR count). The minimum Gasteiger partial charge on any atom is -0.481 e. The Balaban J connectivity index is 1.33. The molecule has 0 unspecified atom stereocenters. The summed E-state index contributed by atoms with van der Waals surface area (Å²) in [7, 11) is 1.60. The van der Waals surface area contributed by atoms with Gasteiger partial charge in [-0.25, -0.2) is 9.78 Å². The Hall–Kier alpha value is -2.83. The van der Waals surface area contributed by atoms with E-state index in [1.807, 2.05) is 23.1 Å². The molecule has 0 atom stereocenters. The van der Waals surface area contributed by atoms with Crippen molar-refractivity contribution < 1.29 is 9.53 Å². The number of carbonyl (C=O) groups is 1. The highest BCUT2D eigenvalue weighted by atomic mass is 16.5. The maximum absolute atomic E-state index is 12.7. The molecule has 0 saturated carbocycles. The summed E-state index contributed by atoms with van der Waals surface area (Å²) in [4.78, 5) is 25.4. The highest BCUT2D eigenvalue weighted by molar-refractivity contribution is 5.94. The Kier molecular flexibility index (Phi) is 4.60. The first-order valence-corrected chi connectivity index (χ1v) is 9.02. The molecule has 1 aromatic heterocycles. The minimum absolute atomic E-state index is 0.00558. The van der Waals surface area contributed by atoms with E-state index in [9.17, 15) is 4.79 Å². The van der Waals surface area contributed by atoms with Gasteiger partial charge in [0.25, 0.3) is 0 Å². The fraction of sp³-hybridized carbons (Fsp3) is 0.421. The summed E-state index contributed by atoms with van der Waals surface area (Å²) in [6.07, 6.45) is 4.39. The molecule has 26 heavy (non-hydrogen) atoms. The minimum atomic E-state index is 0.00558. The summed E-state index contributed by atoms with van der Waals surface area (Å²) in [5, 5.41) is 3.19. The fourth-order valence-electron chi connectivity index (χ4n) is 3.62. The van der Waals surface area contributed by atoms with Crippen molar-refractivity contribution in [2.24, 2.45) is 0 Å². The van der Waals surface area contributed by atoms with Gasteiger partial charge in [0.05, 0.1) is 7.11 Å². The number of aromatic nitrogens is 2. The highest BCUT2D eigenvalue weighted by Crippen LogP contribution is 2.27. The molecule has 0 spiro atoms. The van der Waals surface area contributed by atoms with Gasteiger partial charge in [-0.3, -0.25) is 4.90 Å². The lowest BCUT2D eigenvalue weighted by Crippen LogP contribution is -2.49. The first kappa shape index (κ1) is 16.6. The molecule has 0 bridgehead atoms. The lowest BCUT2D eigenvalue weighted by molar-refractivity contribution is 0.240. The van der Waals surface area contributed by atoms with Crippen LogP contribution < -0.4 is 19.9 Å². The Bertz CT molecular complexity index is 789. The van der Waals surface area contributed by atoms with E-state index in [0.717, 1.165) is 44.6 Å². The van der Waals surface area contributed by atoms with Crippen molar-refractivity contribution in [3.63, 3.8) is 0 Å². The lowest BCUT2D eigenvalue weighted by atomic mass is 10.1. The molecule has 7 nitrogen and oxygen atoms in total. The van der Waals surface area contributed by atoms with E-state index >= 15 is 0 Å². The van der Waals surface area contributed by atoms with Crippen LogP contribution in [-0.2, 0) is 6.42 Å². The van der Waals surface area contributed by atoms with Gasteiger partial charge in [0.2, 0.25) is 11.8 Å². The van der Waals surface area contributed by atoms with Gasteiger partial charge in [-0.15, -0.1) is 0 Å². The second-order valence-electron chi connectivity index (χ2n) is 6.64. The van der Waals surface area contributed by atoms with Crippen molar-refractivity contribution in [1.29, 1.82) is 0 Å². The smallest absolute Gasteiger partial charge is 0.322 e. The maximum atomic E-state index is 12.7. The lowest BCUT2D eigenvalue weighted by Gasteiger charge is -2.33. The molecule has 1 fully saturated rings. The number of ether oxygens (including phenoxy) is 1. The topological polar surface area (TPSA) is 70.6 Å². The average molecular weight is 353 g/mol. The normalized spacial score (nSPS) is 17.1. The molecular weight excluding hydrogens is 330 g/mol. The first-order valence-electron chi connectivity index (χ1n) is 9.02. The molecule has 1 aromatic carbocycles. The van der Waals surface area contributed by atoms with Crippen molar-refractivity contribution in [3.8, 4) is 5.88 Å². The molecule has 3 heterocycles. The van der Waals surface area contributed by atoms with Crippen molar-refractivity contribution >= 4 is 17.7 Å². The van der Waals surface area contributed by atoms with Crippen LogP contribution in [0.25, 0.3) is 0 Å². The van der Waals surface area contributed by atoms with E-state index in [-0.39, 0.29) is 12.1 Å². The summed E-state index contributed by atoms with van der Waals surface area (Å²) in [6.45, 7) is 2.38. The SMILES string of the molecule is COc1ccnc(N2CCC(NC(=O)N3CCc4ccccc43)CC2)n1. The van der Waals surface area contributed by atoms with Crippen molar-refractivity contribution in [1.82, 2.24) is 15.3 Å². The second kappa shape index (κ2) is 7.19. The third-order valence-electron chi connectivity index (χ3n) is 5.06. The Morgan fingerprint density at radius 3 is 2.81 bits per heavy atom. The molecule has 1 saturated heterocycles. The number of para-hydroxylation sites is 1. The maximum Gasteiger partial charge on any atom is 0.322 e. The average Bonchev–Trinajstić information content (AvgIpc) is 3.13. The number of benzene rings is 1. The van der Waals surface area contributed by atoms with E-state index in [0.29, 0.717) is 11.8 Å². The number of nitrogens with zero attached hydrogens (tertiary/aromatic N) is 4. The van der Waals surface area contributed by atoms with E-state index < -0.39 is 0 Å². The summed E-state index contributed by atoms with van der Waals surface area (Å²) in [5.74, 6) is 1.25. The number of methoxy groups -OCH3 is 1. The van der Waals surface area contributed by atoms with Gasteiger partial charge < -0.3 is 15.0 Å². The predicted octanol–water partition coefficient (Wildman–Crippen LogP) is 2.23. The summed E-state index contributed by atoms with van der Waals surface area (Å²) in [5.41, 5.74) is 2.28. The molecule has 1 N–H and O–H groups in total. The van der Waals surface area contributed by atoms with Crippen LogP contribution in [0.4, 0.5) is 16.4 Å². The van der Waals surface area contributed by atoms with Crippen molar-refractivity contribution in [2.75, 3.05) is 36.5 Å². The molecule has 136 valence electrons. The third kappa shape index (κ3) is 3.29. The first-order chi connectivity index (χ1) is 12.7. The summed E-state index contributed by atoms with van der Waals surface area (Å²) < 4.78 is 5.16. The van der Waals surface area contributed by atoms with Crippen molar-refractivity contribution in [3.05, 3.63) is 42.1 Å². The Labute approximate surface area is 153 Å². The van der Waals surface area contributed by atoms with Gasteiger partial charge in [-0.1, -0.05) is 18.2 Å². The van der Waals surface area contributed by atoms with Gasteiger partial charge in [-0.2, -0.15) is 4.98 Å². The third-order valence-corrected chi connectivity index (χ3v) is 5.06. The molecule has 0 aliphatic carbocycles. The van der Waals surface area contributed by atoms with Gasteiger partial charge in [-0.05, 0) is 30.9 Å².